The fourth-order valence-corrected chi connectivity index (χ4v) is 5.10. The third-order valence-electron chi connectivity index (χ3n) is 5.93. The van der Waals surface area contributed by atoms with Crippen LogP contribution in [0.1, 0.15) is 31.4 Å². The Hall–Kier alpha value is -2.90. The molecule has 3 heterocycles. The summed E-state index contributed by atoms with van der Waals surface area (Å²) in [5, 5.41) is 3.45. The number of alkyl halides is 3. The second-order valence-electron chi connectivity index (χ2n) is 8.36. The highest BCUT2D eigenvalue weighted by Crippen LogP contribution is 2.33. The zero-order valence-electron chi connectivity index (χ0n) is 18.5. The molecule has 0 saturated carbocycles. The highest BCUT2D eigenvalue weighted by molar-refractivity contribution is 7.90. The molecule has 0 amide bonds. The summed E-state index contributed by atoms with van der Waals surface area (Å²) in [7, 11) is -5.39. The van der Waals surface area contributed by atoms with Crippen LogP contribution < -0.4 is 11.1 Å². The second-order valence-corrected chi connectivity index (χ2v) is 10.3. The van der Waals surface area contributed by atoms with Gasteiger partial charge in [-0.05, 0) is 55.2 Å². The minimum Gasteiger partial charge on any atom is -0.367 e. The van der Waals surface area contributed by atoms with Crippen LogP contribution in [0.4, 0.5) is 27.8 Å². The molecule has 4 rings (SSSR count). The number of piperidine rings is 1. The predicted octanol–water partition coefficient (Wildman–Crippen LogP) is 4.32. The van der Waals surface area contributed by atoms with Gasteiger partial charge in [-0.3, -0.25) is 4.98 Å². The number of pyridine rings is 2. The zero-order valence-corrected chi connectivity index (χ0v) is 19.3. The minimum atomic E-state index is -5.39. The molecule has 7 nitrogen and oxygen atoms in total. The van der Waals surface area contributed by atoms with Crippen molar-refractivity contribution in [3.05, 3.63) is 53.9 Å². The van der Waals surface area contributed by atoms with E-state index in [1.54, 1.807) is 19.1 Å². The molecule has 188 valence electrons. The Morgan fingerprint density at radius 3 is 2.43 bits per heavy atom. The Labute approximate surface area is 198 Å². The molecule has 0 aliphatic carbocycles. The maximum absolute atomic E-state index is 14.8. The van der Waals surface area contributed by atoms with E-state index in [1.165, 1.54) is 12.3 Å². The summed E-state index contributed by atoms with van der Waals surface area (Å²) in [4.78, 5) is 8.02. The van der Waals surface area contributed by atoms with Gasteiger partial charge in [-0.2, -0.15) is 17.5 Å². The number of sulfonamides is 1. The van der Waals surface area contributed by atoms with Crippen LogP contribution in [0, 0.1) is 11.6 Å². The number of nitrogens with two attached hydrogens (primary N) is 1. The van der Waals surface area contributed by atoms with Crippen molar-refractivity contribution in [3.63, 3.8) is 0 Å². The summed E-state index contributed by atoms with van der Waals surface area (Å²) in [6.45, 7) is 1.09. The molecule has 1 aromatic carbocycles. The van der Waals surface area contributed by atoms with Crippen LogP contribution in [0.15, 0.2) is 36.7 Å². The molecule has 1 saturated heterocycles. The molecule has 1 aliphatic rings. The maximum Gasteiger partial charge on any atom is 0.511 e. The zero-order chi connectivity index (χ0) is 25.5. The molecule has 0 spiro atoms. The molecule has 35 heavy (non-hydrogen) atoms. The van der Waals surface area contributed by atoms with Crippen molar-refractivity contribution < 1.29 is 30.4 Å². The van der Waals surface area contributed by atoms with Gasteiger partial charge in [-0.25, -0.2) is 22.2 Å². The highest BCUT2D eigenvalue weighted by atomic mass is 32.2. The lowest BCUT2D eigenvalue weighted by atomic mass is 9.98. The van der Waals surface area contributed by atoms with Gasteiger partial charge >= 0.3 is 15.5 Å². The van der Waals surface area contributed by atoms with E-state index in [-0.39, 0.29) is 54.4 Å². The molecule has 3 aromatic rings. The first kappa shape index (κ1) is 25.2. The molecule has 1 unspecified atom stereocenters. The Morgan fingerprint density at radius 1 is 1.11 bits per heavy atom. The van der Waals surface area contributed by atoms with Crippen LogP contribution in [0.2, 0.25) is 0 Å². The number of nitrogens with zero attached hydrogens (tertiary/aromatic N) is 3. The van der Waals surface area contributed by atoms with Crippen LogP contribution >= 0.6 is 0 Å². The number of nitrogens with one attached hydrogen (secondary N) is 1. The van der Waals surface area contributed by atoms with Crippen LogP contribution in [-0.2, 0) is 10.0 Å². The largest absolute Gasteiger partial charge is 0.511 e. The number of anilines is 1. The van der Waals surface area contributed by atoms with Crippen molar-refractivity contribution >= 4 is 26.7 Å². The lowest BCUT2D eigenvalue weighted by Gasteiger charge is -2.32. The molecule has 2 aromatic heterocycles. The van der Waals surface area contributed by atoms with Crippen molar-refractivity contribution in [2.75, 3.05) is 18.4 Å². The number of fused-ring (bicyclic) bond motifs is 1. The topological polar surface area (TPSA) is 101 Å². The first-order chi connectivity index (χ1) is 16.4. The molecule has 0 radical (unpaired) electrons. The van der Waals surface area contributed by atoms with Gasteiger partial charge < -0.3 is 11.1 Å². The number of hydrogen-bond donors (Lipinski definition) is 2. The summed E-state index contributed by atoms with van der Waals surface area (Å²) in [6.07, 6.45) is 2.60. The van der Waals surface area contributed by atoms with Crippen LogP contribution in [0.5, 0.6) is 0 Å². The van der Waals surface area contributed by atoms with E-state index in [0.717, 1.165) is 12.3 Å². The molecular formula is C22H22F5N5O2S. The minimum absolute atomic E-state index is 0.0554. The molecule has 1 atom stereocenters. The van der Waals surface area contributed by atoms with Crippen LogP contribution in [0.3, 0.4) is 0 Å². The third-order valence-corrected chi connectivity index (χ3v) is 7.56. The average molecular weight is 516 g/mol. The van der Waals surface area contributed by atoms with E-state index in [0.29, 0.717) is 15.3 Å². The van der Waals surface area contributed by atoms with Gasteiger partial charge in [0.1, 0.15) is 23.0 Å². The summed E-state index contributed by atoms with van der Waals surface area (Å²) in [6, 6.07) is 4.98. The van der Waals surface area contributed by atoms with Gasteiger partial charge in [0.2, 0.25) is 0 Å². The third kappa shape index (κ3) is 4.93. The fourth-order valence-electron chi connectivity index (χ4n) is 4.12. The summed E-state index contributed by atoms with van der Waals surface area (Å²) < 4.78 is 91.4. The smallest absolute Gasteiger partial charge is 0.367 e. The lowest BCUT2D eigenvalue weighted by Crippen LogP contribution is -2.47. The molecule has 1 fully saturated rings. The number of aromatic nitrogens is 2. The van der Waals surface area contributed by atoms with Crippen LogP contribution in [-0.4, -0.2) is 47.3 Å². The number of halogens is 5. The lowest BCUT2D eigenvalue weighted by molar-refractivity contribution is -0.0494. The molecular weight excluding hydrogens is 493 g/mol. The molecule has 3 N–H and O–H groups in total. The standard InChI is InChI=1S/C22H22F5N5O2S/c1-12(28)15-2-5-29-21-17(15)8-13(9-18(21)23)16-10-20(30-11-19(16)24)31-14-3-6-32(7-4-14)35(33,34)22(25,26)27/h2,5,8-12,14H,3-4,6-7,28H2,1H3,(H,30,31). The van der Waals surface area contributed by atoms with E-state index in [1.807, 2.05) is 0 Å². The molecule has 13 heteroatoms. The van der Waals surface area contributed by atoms with Gasteiger partial charge in [0.05, 0.1) is 6.20 Å². The summed E-state index contributed by atoms with van der Waals surface area (Å²) >= 11 is 0. The van der Waals surface area contributed by atoms with Crippen molar-refractivity contribution in [1.29, 1.82) is 0 Å². The van der Waals surface area contributed by atoms with Gasteiger partial charge in [-0.1, -0.05) is 0 Å². The van der Waals surface area contributed by atoms with Crippen molar-refractivity contribution in [1.82, 2.24) is 14.3 Å². The Morgan fingerprint density at radius 2 is 1.80 bits per heavy atom. The van der Waals surface area contributed by atoms with E-state index in [2.05, 4.69) is 15.3 Å². The van der Waals surface area contributed by atoms with E-state index in [4.69, 9.17) is 5.73 Å². The fraction of sp³-hybridized carbons (Fsp3) is 0.364. The number of rotatable bonds is 5. The first-order valence-corrected chi connectivity index (χ1v) is 12.1. The first-order valence-electron chi connectivity index (χ1n) is 10.7. The van der Waals surface area contributed by atoms with Crippen molar-refractivity contribution in [2.24, 2.45) is 5.73 Å². The van der Waals surface area contributed by atoms with Gasteiger partial charge in [0.15, 0.2) is 0 Å². The normalized spacial score (nSPS) is 17.0. The Bertz CT molecular complexity index is 1360. The molecule has 0 bridgehead atoms. The SMILES string of the molecule is CC(N)c1ccnc2c(F)cc(-c3cc(NC4CCN(S(=O)(=O)C(F)(F)F)CC4)ncc3F)cc12. The highest BCUT2D eigenvalue weighted by Gasteiger charge is 2.50. The van der Waals surface area contributed by atoms with E-state index >= 15 is 0 Å². The summed E-state index contributed by atoms with van der Waals surface area (Å²) in [5.74, 6) is -1.13. The van der Waals surface area contributed by atoms with E-state index in [9.17, 15) is 30.4 Å². The Balaban J connectivity index is 1.58. The van der Waals surface area contributed by atoms with Crippen molar-refractivity contribution in [3.8, 4) is 11.1 Å². The number of hydrogen-bond acceptors (Lipinski definition) is 6. The summed E-state index contributed by atoms with van der Waals surface area (Å²) in [5.41, 5.74) is 1.68. The average Bonchev–Trinajstić information content (AvgIpc) is 2.79. The van der Waals surface area contributed by atoms with Crippen molar-refractivity contribution in [2.45, 2.75) is 37.4 Å². The monoisotopic (exact) mass is 515 g/mol. The van der Waals surface area contributed by atoms with Crippen LogP contribution in [0.25, 0.3) is 22.0 Å². The van der Waals surface area contributed by atoms with Gasteiger partial charge in [0.25, 0.3) is 0 Å². The number of benzene rings is 1. The Kier molecular flexibility index (Phi) is 6.68. The predicted molar refractivity (Wildman–Crippen MR) is 121 cm³/mol. The van der Waals surface area contributed by atoms with Gasteiger partial charge in [0, 0.05) is 42.3 Å². The second kappa shape index (κ2) is 9.28. The quantitative estimate of drug-likeness (QED) is 0.491. The van der Waals surface area contributed by atoms with E-state index < -0.39 is 33.2 Å². The molecule has 1 aliphatic heterocycles. The van der Waals surface area contributed by atoms with Gasteiger partial charge in [-0.15, -0.1) is 0 Å². The maximum atomic E-state index is 14.8.